The van der Waals surface area contributed by atoms with E-state index >= 15 is 0 Å². The Morgan fingerprint density at radius 3 is 2.45 bits per heavy atom. The van der Waals surface area contributed by atoms with E-state index in [4.69, 9.17) is 4.42 Å². The van der Waals surface area contributed by atoms with Crippen LogP contribution in [0.15, 0.2) is 34.7 Å². The normalized spacial score (nSPS) is 14.6. The monoisotopic (exact) mass is 267 g/mol. The van der Waals surface area contributed by atoms with Gasteiger partial charge in [-0.3, -0.25) is 10.1 Å². The lowest BCUT2D eigenvalue weighted by Gasteiger charge is -2.16. The van der Waals surface area contributed by atoms with E-state index in [-0.39, 0.29) is 5.88 Å². The maximum atomic E-state index is 10.9. The van der Waals surface area contributed by atoms with Crippen molar-refractivity contribution in [3.05, 3.63) is 51.6 Å². The van der Waals surface area contributed by atoms with E-state index in [9.17, 15) is 10.1 Å². The van der Waals surface area contributed by atoms with Gasteiger partial charge in [0.25, 0.3) is 0 Å². The molecule has 4 rings (SSSR count). The first-order chi connectivity index (χ1) is 9.72. The van der Waals surface area contributed by atoms with Gasteiger partial charge < -0.3 is 4.42 Å². The van der Waals surface area contributed by atoms with Gasteiger partial charge in [-0.05, 0) is 48.3 Å². The van der Waals surface area contributed by atoms with Crippen LogP contribution in [0.5, 0.6) is 0 Å². The van der Waals surface area contributed by atoms with Crippen LogP contribution in [0.3, 0.4) is 0 Å². The van der Waals surface area contributed by atoms with Crippen LogP contribution in [-0.2, 0) is 12.8 Å². The van der Waals surface area contributed by atoms with Crippen molar-refractivity contribution in [2.45, 2.75) is 25.7 Å². The van der Waals surface area contributed by atoms with Crippen molar-refractivity contribution in [2.75, 3.05) is 0 Å². The third-order valence-electron chi connectivity index (χ3n) is 4.13. The van der Waals surface area contributed by atoms with Crippen molar-refractivity contribution >= 4 is 27.6 Å². The molecule has 0 N–H and O–H groups in total. The highest BCUT2D eigenvalue weighted by atomic mass is 16.6. The predicted octanol–water partition coefficient (Wildman–Crippen LogP) is 4.37. The van der Waals surface area contributed by atoms with Gasteiger partial charge in [0.2, 0.25) is 0 Å². The average Bonchev–Trinajstić information content (AvgIpc) is 2.90. The van der Waals surface area contributed by atoms with Gasteiger partial charge in [0, 0.05) is 10.8 Å². The van der Waals surface area contributed by atoms with Crippen molar-refractivity contribution in [1.82, 2.24) is 0 Å². The molecule has 0 saturated carbocycles. The number of nitrogens with zero attached hydrogens (tertiary/aromatic N) is 1. The molecule has 100 valence electrons. The van der Waals surface area contributed by atoms with Crippen LogP contribution in [-0.4, -0.2) is 4.92 Å². The summed E-state index contributed by atoms with van der Waals surface area (Å²) in [6.07, 6.45) is 4.67. The van der Waals surface area contributed by atoms with E-state index in [1.165, 1.54) is 30.0 Å². The van der Waals surface area contributed by atoms with Gasteiger partial charge in [0.15, 0.2) is 0 Å². The van der Waals surface area contributed by atoms with Crippen molar-refractivity contribution in [3.8, 4) is 0 Å². The number of rotatable bonds is 1. The van der Waals surface area contributed by atoms with Gasteiger partial charge in [-0.25, -0.2) is 0 Å². The molecule has 2 aromatic carbocycles. The summed E-state index contributed by atoms with van der Waals surface area (Å²) >= 11 is 0. The van der Waals surface area contributed by atoms with E-state index in [2.05, 4.69) is 12.1 Å². The highest BCUT2D eigenvalue weighted by molar-refractivity contribution is 6.05. The number of aryl methyl sites for hydroxylation is 2. The average molecular weight is 267 g/mol. The molecule has 0 radical (unpaired) electrons. The molecule has 0 spiro atoms. The minimum absolute atomic E-state index is 0.190. The maximum absolute atomic E-state index is 10.9. The second-order valence-corrected chi connectivity index (χ2v) is 5.37. The second-order valence-electron chi connectivity index (χ2n) is 5.37. The van der Waals surface area contributed by atoms with E-state index in [1.54, 1.807) is 0 Å². The van der Waals surface area contributed by atoms with Crippen LogP contribution in [0.4, 0.5) is 5.88 Å². The summed E-state index contributed by atoms with van der Waals surface area (Å²) in [5, 5.41) is 13.7. The van der Waals surface area contributed by atoms with Gasteiger partial charge in [-0.1, -0.05) is 18.2 Å². The standard InChI is InChI=1S/C16H13NO3/c18-17(19)15-9-13-6-5-12-7-10-3-1-2-4-11(10)8-14(12)16(13)20-15/h5-9H,1-4H2. The smallest absolute Gasteiger partial charge is 0.400 e. The molecule has 0 aliphatic heterocycles. The van der Waals surface area contributed by atoms with Gasteiger partial charge in [-0.2, -0.15) is 0 Å². The van der Waals surface area contributed by atoms with Crippen LogP contribution < -0.4 is 0 Å². The Morgan fingerprint density at radius 1 is 1.00 bits per heavy atom. The Morgan fingerprint density at radius 2 is 1.70 bits per heavy atom. The summed E-state index contributed by atoms with van der Waals surface area (Å²) in [4.78, 5) is 10.4. The Labute approximate surface area is 115 Å². The number of nitro groups is 1. The number of benzene rings is 2. The van der Waals surface area contributed by atoms with Crippen molar-refractivity contribution in [2.24, 2.45) is 0 Å². The van der Waals surface area contributed by atoms with E-state index < -0.39 is 4.92 Å². The lowest BCUT2D eigenvalue weighted by molar-refractivity contribution is -0.401. The summed E-state index contributed by atoms with van der Waals surface area (Å²) in [6, 6.07) is 9.76. The Kier molecular flexibility index (Phi) is 2.33. The molecular weight excluding hydrogens is 254 g/mol. The van der Waals surface area contributed by atoms with Crippen LogP contribution in [0.1, 0.15) is 24.0 Å². The largest absolute Gasteiger partial charge is 0.434 e. The van der Waals surface area contributed by atoms with Crippen molar-refractivity contribution < 1.29 is 9.34 Å². The SMILES string of the molecule is O=[N+]([O-])c1cc2ccc3cc4c(cc3c2o1)CCCC4. The number of fused-ring (bicyclic) bond motifs is 4. The van der Waals surface area contributed by atoms with Crippen LogP contribution >= 0.6 is 0 Å². The first-order valence-corrected chi connectivity index (χ1v) is 6.85. The Hall–Kier alpha value is -2.36. The zero-order chi connectivity index (χ0) is 13.7. The summed E-state index contributed by atoms with van der Waals surface area (Å²) in [7, 11) is 0. The highest BCUT2D eigenvalue weighted by Gasteiger charge is 2.17. The third-order valence-corrected chi connectivity index (χ3v) is 4.13. The fraction of sp³-hybridized carbons (Fsp3) is 0.250. The van der Waals surface area contributed by atoms with E-state index in [0.717, 1.165) is 29.0 Å². The molecule has 1 heterocycles. The third kappa shape index (κ3) is 1.61. The zero-order valence-electron chi connectivity index (χ0n) is 10.9. The zero-order valence-corrected chi connectivity index (χ0v) is 10.9. The van der Waals surface area contributed by atoms with E-state index in [1.807, 2.05) is 12.1 Å². The molecule has 1 aliphatic rings. The molecule has 0 fully saturated rings. The summed E-state index contributed by atoms with van der Waals surface area (Å²) < 4.78 is 5.43. The minimum Gasteiger partial charge on any atom is -0.400 e. The van der Waals surface area contributed by atoms with Crippen LogP contribution in [0.25, 0.3) is 21.7 Å². The predicted molar refractivity (Wildman–Crippen MR) is 77.0 cm³/mol. The molecule has 0 unspecified atom stereocenters. The number of hydrogen-bond donors (Lipinski definition) is 0. The highest BCUT2D eigenvalue weighted by Crippen LogP contribution is 2.34. The molecule has 4 heteroatoms. The van der Waals surface area contributed by atoms with Gasteiger partial charge in [0.05, 0.1) is 6.07 Å². The summed E-state index contributed by atoms with van der Waals surface area (Å²) in [6.45, 7) is 0. The molecule has 3 aromatic rings. The molecular formula is C16H13NO3. The Balaban J connectivity index is 2.05. The molecule has 20 heavy (non-hydrogen) atoms. The quantitative estimate of drug-likeness (QED) is 0.486. The van der Waals surface area contributed by atoms with Gasteiger partial charge in [-0.15, -0.1) is 0 Å². The topological polar surface area (TPSA) is 56.3 Å². The molecule has 0 amide bonds. The lowest BCUT2D eigenvalue weighted by Crippen LogP contribution is -2.02. The maximum Gasteiger partial charge on any atom is 0.434 e. The molecule has 0 saturated heterocycles. The second kappa shape index (κ2) is 4.07. The molecule has 1 aliphatic carbocycles. The number of furan rings is 1. The molecule has 1 aromatic heterocycles. The fourth-order valence-corrected chi connectivity index (χ4v) is 3.13. The lowest BCUT2D eigenvalue weighted by atomic mass is 9.89. The summed E-state index contributed by atoms with van der Waals surface area (Å²) in [5.41, 5.74) is 3.39. The van der Waals surface area contributed by atoms with Crippen LogP contribution in [0, 0.1) is 10.1 Å². The van der Waals surface area contributed by atoms with Gasteiger partial charge >= 0.3 is 5.88 Å². The summed E-state index contributed by atoms with van der Waals surface area (Å²) in [5.74, 6) is -0.190. The minimum atomic E-state index is -0.482. The van der Waals surface area contributed by atoms with Crippen molar-refractivity contribution in [3.63, 3.8) is 0 Å². The molecule has 0 bridgehead atoms. The van der Waals surface area contributed by atoms with E-state index in [0.29, 0.717) is 5.58 Å². The first-order valence-electron chi connectivity index (χ1n) is 6.85. The Bertz CT molecular complexity index is 848. The first kappa shape index (κ1) is 11.5. The molecule has 4 nitrogen and oxygen atoms in total. The fourth-order valence-electron chi connectivity index (χ4n) is 3.13. The number of hydrogen-bond acceptors (Lipinski definition) is 3. The van der Waals surface area contributed by atoms with Crippen LogP contribution in [0.2, 0.25) is 0 Å². The van der Waals surface area contributed by atoms with Gasteiger partial charge in [0.1, 0.15) is 10.5 Å². The van der Waals surface area contributed by atoms with Crippen molar-refractivity contribution in [1.29, 1.82) is 0 Å². The molecule has 0 atom stereocenters.